The van der Waals surface area contributed by atoms with Crippen LogP contribution in [0.15, 0.2) is 12.3 Å². The van der Waals surface area contributed by atoms with Gasteiger partial charge in [-0.3, -0.25) is 0 Å². The Morgan fingerprint density at radius 2 is 2.12 bits per heavy atom. The van der Waals surface area contributed by atoms with Crippen molar-refractivity contribution in [2.24, 2.45) is 0 Å². The van der Waals surface area contributed by atoms with E-state index in [9.17, 15) is 13.2 Å². The fourth-order valence-corrected chi connectivity index (χ4v) is 1.07. The maximum absolute atomic E-state index is 12.3. The second-order valence-electron chi connectivity index (χ2n) is 3.37. The highest BCUT2D eigenvalue weighted by Crippen LogP contribution is 2.30. The first kappa shape index (κ1) is 13.5. The number of alkyl halides is 3. The van der Waals surface area contributed by atoms with Crippen molar-refractivity contribution in [2.45, 2.75) is 12.3 Å². The average Bonchev–Trinajstić information content (AvgIpc) is 2.26. The lowest BCUT2D eigenvalue weighted by atomic mass is 10.2. The van der Waals surface area contributed by atoms with Gasteiger partial charge in [0.15, 0.2) is 0 Å². The van der Waals surface area contributed by atoms with E-state index in [4.69, 9.17) is 15.9 Å². The number of aliphatic hydroxyl groups excluding tert-OH is 2. The molecule has 1 unspecified atom stereocenters. The topological polar surface area (TPSA) is 91.4 Å². The third-order valence-corrected chi connectivity index (χ3v) is 1.96. The largest absolute Gasteiger partial charge is 0.433 e. The smallest absolute Gasteiger partial charge is 0.396 e. The van der Waals surface area contributed by atoms with E-state index < -0.39 is 24.6 Å². The predicted octanol–water partition coefficient (Wildman–Crippen LogP) is 0.448. The van der Waals surface area contributed by atoms with Crippen LogP contribution >= 0.6 is 0 Å². The molecule has 0 amide bonds. The van der Waals surface area contributed by atoms with Crippen LogP contribution in [0.3, 0.4) is 0 Å². The first-order valence-electron chi connectivity index (χ1n) is 4.70. The van der Waals surface area contributed by atoms with Gasteiger partial charge < -0.3 is 21.3 Å². The number of aliphatic hydroxyl groups is 2. The van der Waals surface area contributed by atoms with Crippen molar-refractivity contribution in [2.75, 3.05) is 24.2 Å². The molecule has 5 nitrogen and oxygen atoms in total. The Balaban J connectivity index is 2.84. The molecule has 1 heterocycles. The molecule has 5 N–H and O–H groups in total. The zero-order valence-electron chi connectivity index (χ0n) is 8.70. The summed E-state index contributed by atoms with van der Waals surface area (Å²) in [5, 5.41) is 20.1. The molecule has 0 aromatic carbocycles. The SMILES string of the molecule is Nc1cnc(C(F)(F)F)cc1NCC(O)CO. The summed E-state index contributed by atoms with van der Waals surface area (Å²) in [6, 6.07) is 0.749. The van der Waals surface area contributed by atoms with Crippen LogP contribution in [0.4, 0.5) is 24.5 Å². The quantitative estimate of drug-likeness (QED) is 0.623. The van der Waals surface area contributed by atoms with E-state index in [0.29, 0.717) is 0 Å². The molecule has 0 aliphatic carbocycles. The van der Waals surface area contributed by atoms with Gasteiger partial charge in [0.25, 0.3) is 0 Å². The number of halogens is 3. The molecule has 0 aliphatic heterocycles. The summed E-state index contributed by atoms with van der Waals surface area (Å²) < 4.78 is 37.0. The number of hydrogen-bond donors (Lipinski definition) is 4. The minimum absolute atomic E-state index is 0.0137. The Hall–Kier alpha value is -1.54. The lowest BCUT2D eigenvalue weighted by Gasteiger charge is -2.14. The van der Waals surface area contributed by atoms with Gasteiger partial charge in [0.2, 0.25) is 0 Å². The van der Waals surface area contributed by atoms with Crippen LogP contribution in [0.1, 0.15) is 5.69 Å². The first-order valence-corrected chi connectivity index (χ1v) is 4.70. The number of anilines is 2. The molecule has 1 rings (SSSR count). The number of nitrogens with one attached hydrogen (secondary N) is 1. The number of nitrogens with two attached hydrogens (primary N) is 1. The van der Waals surface area contributed by atoms with E-state index in [2.05, 4.69) is 10.3 Å². The van der Waals surface area contributed by atoms with E-state index in [-0.39, 0.29) is 17.9 Å². The lowest BCUT2D eigenvalue weighted by molar-refractivity contribution is -0.141. The maximum Gasteiger partial charge on any atom is 0.433 e. The Morgan fingerprint density at radius 1 is 1.47 bits per heavy atom. The van der Waals surface area contributed by atoms with Crippen LogP contribution < -0.4 is 11.1 Å². The van der Waals surface area contributed by atoms with Gasteiger partial charge in [0, 0.05) is 6.54 Å². The van der Waals surface area contributed by atoms with Gasteiger partial charge in [-0.05, 0) is 6.07 Å². The van der Waals surface area contributed by atoms with Crippen molar-refractivity contribution in [3.63, 3.8) is 0 Å². The molecule has 1 aromatic heterocycles. The molecule has 0 saturated heterocycles. The Kier molecular flexibility index (Phi) is 4.13. The molecular weight excluding hydrogens is 239 g/mol. The van der Waals surface area contributed by atoms with Crippen LogP contribution in [0, 0.1) is 0 Å². The minimum atomic E-state index is -4.56. The lowest BCUT2D eigenvalue weighted by Crippen LogP contribution is -2.23. The summed E-state index contributed by atoms with van der Waals surface area (Å²) in [6.45, 7) is -0.605. The number of rotatable bonds is 4. The number of aromatic nitrogens is 1. The average molecular weight is 251 g/mol. The summed E-state index contributed by atoms with van der Waals surface area (Å²) >= 11 is 0. The molecule has 8 heteroatoms. The molecule has 0 aliphatic rings. The number of nitrogens with zero attached hydrogens (tertiary/aromatic N) is 1. The van der Waals surface area contributed by atoms with Gasteiger partial charge in [0.1, 0.15) is 5.69 Å². The monoisotopic (exact) mass is 251 g/mol. The number of pyridine rings is 1. The summed E-state index contributed by atoms with van der Waals surface area (Å²) in [7, 11) is 0. The van der Waals surface area contributed by atoms with Crippen LogP contribution in [0.2, 0.25) is 0 Å². The van der Waals surface area contributed by atoms with Crippen LogP contribution in [0.25, 0.3) is 0 Å². The Bertz CT molecular complexity index is 384. The van der Waals surface area contributed by atoms with Crippen LogP contribution in [-0.4, -0.2) is 34.5 Å². The molecule has 1 aromatic rings. The van der Waals surface area contributed by atoms with Crippen molar-refractivity contribution in [3.05, 3.63) is 18.0 Å². The summed E-state index contributed by atoms with van der Waals surface area (Å²) in [5.41, 5.74) is 4.39. The van der Waals surface area contributed by atoms with Gasteiger partial charge in [0.05, 0.1) is 30.3 Å². The molecule has 0 radical (unpaired) electrons. The molecule has 0 bridgehead atoms. The molecule has 17 heavy (non-hydrogen) atoms. The number of nitrogen functional groups attached to an aromatic ring is 1. The second-order valence-corrected chi connectivity index (χ2v) is 3.37. The third-order valence-electron chi connectivity index (χ3n) is 1.96. The zero-order chi connectivity index (χ0) is 13.1. The molecule has 1 atom stereocenters. The van der Waals surface area contributed by atoms with Gasteiger partial charge in [-0.25, -0.2) is 4.98 Å². The fourth-order valence-electron chi connectivity index (χ4n) is 1.07. The highest BCUT2D eigenvalue weighted by atomic mass is 19.4. The highest BCUT2D eigenvalue weighted by molar-refractivity contribution is 5.65. The summed E-state index contributed by atoms with van der Waals surface area (Å²) in [6.07, 6.45) is -4.74. The highest BCUT2D eigenvalue weighted by Gasteiger charge is 2.32. The molecule has 96 valence electrons. The van der Waals surface area contributed by atoms with Crippen LogP contribution in [-0.2, 0) is 6.18 Å². The van der Waals surface area contributed by atoms with E-state index in [0.717, 1.165) is 12.3 Å². The van der Waals surface area contributed by atoms with Crippen molar-refractivity contribution in [1.82, 2.24) is 4.98 Å². The molecular formula is C9H12F3N3O2. The van der Waals surface area contributed by atoms with Crippen LogP contribution in [0.5, 0.6) is 0 Å². The van der Waals surface area contributed by atoms with Gasteiger partial charge in [-0.15, -0.1) is 0 Å². The van der Waals surface area contributed by atoms with E-state index in [1.807, 2.05) is 0 Å². The van der Waals surface area contributed by atoms with Crippen molar-refractivity contribution in [3.8, 4) is 0 Å². The Morgan fingerprint density at radius 3 is 2.65 bits per heavy atom. The summed E-state index contributed by atoms with van der Waals surface area (Å²) in [5.74, 6) is 0. The Labute approximate surface area is 95.1 Å². The third kappa shape index (κ3) is 3.75. The standard InChI is InChI=1S/C9H12F3N3O2/c10-9(11,12)8-1-7(6(13)3-15-8)14-2-5(17)4-16/h1,3,5,16-17H,2,4,13H2,(H,14,15). The van der Waals surface area contributed by atoms with Gasteiger partial charge >= 0.3 is 6.18 Å². The van der Waals surface area contributed by atoms with Gasteiger partial charge in [-0.2, -0.15) is 13.2 Å². The minimum Gasteiger partial charge on any atom is -0.396 e. The van der Waals surface area contributed by atoms with E-state index in [1.54, 1.807) is 0 Å². The van der Waals surface area contributed by atoms with E-state index in [1.165, 1.54) is 0 Å². The predicted molar refractivity (Wildman–Crippen MR) is 55.2 cm³/mol. The zero-order valence-corrected chi connectivity index (χ0v) is 8.70. The number of hydrogen-bond acceptors (Lipinski definition) is 5. The van der Waals surface area contributed by atoms with E-state index >= 15 is 0 Å². The second kappa shape index (κ2) is 5.19. The first-order chi connectivity index (χ1) is 7.84. The molecule has 0 fully saturated rings. The van der Waals surface area contributed by atoms with Crippen molar-refractivity contribution in [1.29, 1.82) is 0 Å². The summed E-state index contributed by atoms with van der Waals surface area (Å²) in [4.78, 5) is 3.16. The molecule has 0 spiro atoms. The maximum atomic E-state index is 12.3. The fraction of sp³-hybridized carbons (Fsp3) is 0.444. The normalized spacial score (nSPS) is 13.5. The molecule has 0 saturated carbocycles. The van der Waals surface area contributed by atoms with Crippen molar-refractivity contribution >= 4 is 11.4 Å². The van der Waals surface area contributed by atoms with Gasteiger partial charge in [-0.1, -0.05) is 0 Å². The van der Waals surface area contributed by atoms with Crippen molar-refractivity contribution < 1.29 is 23.4 Å².